The van der Waals surface area contributed by atoms with Crippen molar-refractivity contribution in [2.45, 2.75) is 0 Å². The van der Waals surface area contributed by atoms with E-state index in [9.17, 15) is 4.79 Å². The molecule has 2 aromatic rings. The molecule has 5 heteroatoms. The Balaban J connectivity index is 2.55. The van der Waals surface area contributed by atoms with Gasteiger partial charge in [-0.25, -0.2) is 4.79 Å². The third-order valence-electron chi connectivity index (χ3n) is 2.89. The molecule has 0 saturated carbocycles. The van der Waals surface area contributed by atoms with Crippen molar-refractivity contribution in [3.8, 4) is 5.75 Å². The first-order valence-electron chi connectivity index (χ1n) is 6.05. The van der Waals surface area contributed by atoms with Crippen LogP contribution in [0.2, 0.25) is 10.0 Å². The van der Waals surface area contributed by atoms with Crippen molar-refractivity contribution >= 4 is 34.7 Å². The number of aliphatic carboxylic acids is 1. The summed E-state index contributed by atoms with van der Waals surface area (Å²) in [6.07, 6.45) is 1.12. The molecule has 0 unspecified atom stereocenters. The quantitative estimate of drug-likeness (QED) is 0.842. The van der Waals surface area contributed by atoms with Gasteiger partial charge in [0.1, 0.15) is 5.75 Å². The zero-order valence-corrected chi connectivity index (χ0v) is 12.7. The van der Waals surface area contributed by atoms with Gasteiger partial charge in [0.15, 0.2) is 0 Å². The average molecular weight is 323 g/mol. The molecule has 0 aliphatic heterocycles. The Kier molecular flexibility index (Phi) is 4.89. The minimum absolute atomic E-state index is 0.394. The molecule has 21 heavy (non-hydrogen) atoms. The summed E-state index contributed by atoms with van der Waals surface area (Å²) in [5.74, 6) is -0.359. The third-order valence-corrected chi connectivity index (χ3v) is 3.44. The van der Waals surface area contributed by atoms with Crippen molar-refractivity contribution in [1.82, 2.24) is 0 Å². The van der Waals surface area contributed by atoms with Crippen molar-refractivity contribution in [2.75, 3.05) is 7.11 Å². The number of carboxylic acids is 1. The van der Waals surface area contributed by atoms with Gasteiger partial charge in [0.05, 0.1) is 7.11 Å². The van der Waals surface area contributed by atoms with Crippen LogP contribution in [0.3, 0.4) is 0 Å². The van der Waals surface area contributed by atoms with Crippen LogP contribution in [0.25, 0.3) is 5.57 Å². The smallest absolute Gasteiger partial charge is 0.328 e. The van der Waals surface area contributed by atoms with Gasteiger partial charge in [-0.05, 0) is 35.4 Å². The SMILES string of the molecule is COc1ccc(/C(=C/C(=O)O)c2ccc(Cl)cc2Cl)cc1. The molecule has 0 aromatic heterocycles. The molecule has 0 saturated heterocycles. The summed E-state index contributed by atoms with van der Waals surface area (Å²) in [6, 6.07) is 12.0. The second kappa shape index (κ2) is 6.66. The maximum Gasteiger partial charge on any atom is 0.328 e. The van der Waals surface area contributed by atoms with Crippen LogP contribution in [0.4, 0.5) is 0 Å². The van der Waals surface area contributed by atoms with Crippen LogP contribution in [0, 0.1) is 0 Å². The summed E-state index contributed by atoms with van der Waals surface area (Å²) in [4.78, 5) is 11.1. The Morgan fingerprint density at radius 3 is 2.33 bits per heavy atom. The van der Waals surface area contributed by atoms with E-state index < -0.39 is 5.97 Å². The highest BCUT2D eigenvalue weighted by molar-refractivity contribution is 6.36. The largest absolute Gasteiger partial charge is 0.497 e. The molecule has 0 spiro atoms. The van der Waals surface area contributed by atoms with Gasteiger partial charge in [0, 0.05) is 21.7 Å². The van der Waals surface area contributed by atoms with Crippen molar-refractivity contribution in [2.24, 2.45) is 0 Å². The molecular weight excluding hydrogens is 311 g/mol. The molecule has 3 nitrogen and oxygen atoms in total. The van der Waals surface area contributed by atoms with Crippen molar-refractivity contribution in [1.29, 1.82) is 0 Å². The van der Waals surface area contributed by atoms with Gasteiger partial charge in [0.25, 0.3) is 0 Å². The zero-order chi connectivity index (χ0) is 15.4. The molecule has 0 radical (unpaired) electrons. The summed E-state index contributed by atoms with van der Waals surface area (Å²) >= 11 is 12.0. The fourth-order valence-electron chi connectivity index (χ4n) is 1.92. The first-order valence-corrected chi connectivity index (χ1v) is 6.81. The van der Waals surface area contributed by atoms with E-state index in [1.165, 1.54) is 0 Å². The zero-order valence-electron chi connectivity index (χ0n) is 11.1. The topological polar surface area (TPSA) is 46.5 Å². The molecule has 0 amide bonds. The Morgan fingerprint density at radius 1 is 1.14 bits per heavy atom. The Labute approximate surface area is 132 Å². The van der Waals surface area contributed by atoms with Gasteiger partial charge in [0.2, 0.25) is 0 Å². The number of methoxy groups -OCH3 is 1. The van der Waals surface area contributed by atoms with Gasteiger partial charge < -0.3 is 9.84 Å². The van der Waals surface area contributed by atoms with Gasteiger partial charge in [-0.15, -0.1) is 0 Å². The number of hydrogen-bond donors (Lipinski definition) is 1. The minimum atomic E-state index is -1.05. The van der Waals surface area contributed by atoms with Gasteiger partial charge in [-0.3, -0.25) is 0 Å². The first kappa shape index (κ1) is 15.4. The van der Waals surface area contributed by atoms with E-state index in [1.54, 1.807) is 49.6 Å². The lowest BCUT2D eigenvalue weighted by Gasteiger charge is -2.11. The Bertz CT molecular complexity index is 691. The van der Waals surface area contributed by atoms with Crippen LogP contribution in [0.15, 0.2) is 48.5 Å². The van der Waals surface area contributed by atoms with Gasteiger partial charge in [-0.2, -0.15) is 0 Å². The van der Waals surface area contributed by atoms with Crippen LogP contribution in [0.5, 0.6) is 5.75 Å². The maximum atomic E-state index is 11.1. The number of carboxylic acid groups (broad SMARTS) is 1. The summed E-state index contributed by atoms with van der Waals surface area (Å²) < 4.78 is 5.10. The highest BCUT2D eigenvalue weighted by atomic mass is 35.5. The summed E-state index contributed by atoms with van der Waals surface area (Å²) in [5.41, 5.74) is 1.84. The molecule has 0 bridgehead atoms. The normalized spacial score (nSPS) is 11.3. The van der Waals surface area contributed by atoms with Crippen molar-refractivity contribution < 1.29 is 14.6 Å². The molecule has 1 N–H and O–H groups in total. The number of rotatable bonds is 4. The molecule has 0 atom stereocenters. The highest BCUT2D eigenvalue weighted by Gasteiger charge is 2.11. The van der Waals surface area contributed by atoms with E-state index in [-0.39, 0.29) is 0 Å². The lowest BCUT2D eigenvalue weighted by Crippen LogP contribution is -1.96. The molecule has 0 fully saturated rings. The molecule has 108 valence electrons. The van der Waals surface area contributed by atoms with Crippen molar-refractivity contribution in [3.05, 3.63) is 69.7 Å². The monoisotopic (exact) mass is 322 g/mol. The van der Waals surface area contributed by atoms with Gasteiger partial charge in [-0.1, -0.05) is 41.4 Å². The fourth-order valence-corrected chi connectivity index (χ4v) is 2.43. The molecule has 0 aliphatic carbocycles. The summed E-state index contributed by atoms with van der Waals surface area (Å²) in [7, 11) is 1.57. The second-order valence-electron chi connectivity index (χ2n) is 4.25. The summed E-state index contributed by atoms with van der Waals surface area (Å²) in [6.45, 7) is 0. The number of benzene rings is 2. The average Bonchev–Trinajstić information content (AvgIpc) is 2.45. The first-order chi connectivity index (χ1) is 10.0. The lowest BCUT2D eigenvalue weighted by molar-refractivity contribution is -0.131. The Morgan fingerprint density at radius 2 is 1.81 bits per heavy atom. The molecule has 0 heterocycles. The van der Waals surface area contributed by atoms with E-state index in [0.29, 0.717) is 26.9 Å². The van der Waals surface area contributed by atoms with E-state index in [0.717, 1.165) is 11.6 Å². The second-order valence-corrected chi connectivity index (χ2v) is 5.09. The number of carbonyl (C=O) groups is 1. The Hall–Kier alpha value is -1.97. The maximum absolute atomic E-state index is 11.1. The van der Waals surface area contributed by atoms with E-state index in [1.807, 2.05) is 0 Å². The molecule has 0 aliphatic rings. The molecule has 2 rings (SSSR count). The predicted octanol–water partition coefficient (Wildman–Crippen LogP) is 4.52. The van der Waals surface area contributed by atoms with Crippen LogP contribution < -0.4 is 4.74 Å². The van der Waals surface area contributed by atoms with E-state index in [2.05, 4.69) is 0 Å². The van der Waals surface area contributed by atoms with Crippen LogP contribution in [-0.4, -0.2) is 18.2 Å². The minimum Gasteiger partial charge on any atom is -0.497 e. The lowest BCUT2D eigenvalue weighted by atomic mass is 9.97. The highest BCUT2D eigenvalue weighted by Crippen LogP contribution is 2.32. The summed E-state index contributed by atoms with van der Waals surface area (Å²) in [5, 5.41) is 9.97. The molecular formula is C16H12Cl2O3. The van der Waals surface area contributed by atoms with E-state index >= 15 is 0 Å². The fraction of sp³-hybridized carbons (Fsp3) is 0.0625. The van der Waals surface area contributed by atoms with Gasteiger partial charge >= 0.3 is 5.97 Å². The van der Waals surface area contributed by atoms with Crippen LogP contribution >= 0.6 is 23.2 Å². The standard InChI is InChI=1S/C16H12Cl2O3/c1-21-12-5-2-10(3-6-12)14(9-16(19)20)13-7-4-11(17)8-15(13)18/h2-9H,1H3,(H,19,20)/b14-9-. The number of hydrogen-bond acceptors (Lipinski definition) is 2. The number of halogens is 2. The van der Waals surface area contributed by atoms with Crippen LogP contribution in [-0.2, 0) is 4.79 Å². The third kappa shape index (κ3) is 3.78. The van der Waals surface area contributed by atoms with E-state index in [4.69, 9.17) is 33.0 Å². The molecule has 2 aromatic carbocycles. The predicted molar refractivity (Wildman–Crippen MR) is 84.2 cm³/mol. The van der Waals surface area contributed by atoms with Crippen LogP contribution in [0.1, 0.15) is 11.1 Å². The van der Waals surface area contributed by atoms with Crippen molar-refractivity contribution in [3.63, 3.8) is 0 Å². The number of ether oxygens (including phenoxy) is 1.